The van der Waals surface area contributed by atoms with Crippen LogP contribution in [0.3, 0.4) is 0 Å². The van der Waals surface area contributed by atoms with E-state index in [1.54, 1.807) is 0 Å². The molecule has 0 aromatic carbocycles. The molecular formula is C15H26N2O3. The molecule has 0 saturated carbocycles. The zero-order valence-corrected chi connectivity index (χ0v) is 12.2. The molecule has 2 fully saturated rings. The predicted octanol–water partition coefficient (Wildman–Crippen LogP) is 1.72. The highest BCUT2D eigenvalue weighted by Crippen LogP contribution is 2.20. The van der Waals surface area contributed by atoms with Crippen molar-refractivity contribution in [3.05, 3.63) is 0 Å². The van der Waals surface area contributed by atoms with Gasteiger partial charge in [-0.2, -0.15) is 0 Å². The molecule has 20 heavy (non-hydrogen) atoms. The van der Waals surface area contributed by atoms with Crippen molar-refractivity contribution < 1.29 is 14.7 Å². The van der Waals surface area contributed by atoms with Crippen LogP contribution >= 0.6 is 0 Å². The quantitative estimate of drug-likeness (QED) is 0.853. The SMILES string of the molecule is O=C(O)CC1CCCN1CC(=O)N1CCCCCCC1. The van der Waals surface area contributed by atoms with Gasteiger partial charge in [0.15, 0.2) is 0 Å². The highest BCUT2D eigenvalue weighted by molar-refractivity contribution is 5.78. The maximum atomic E-state index is 12.4. The monoisotopic (exact) mass is 282 g/mol. The summed E-state index contributed by atoms with van der Waals surface area (Å²) in [7, 11) is 0. The lowest BCUT2D eigenvalue weighted by atomic mass is 10.1. The van der Waals surface area contributed by atoms with Crippen LogP contribution in [0.5, 0.6) is 0 Å². The van der Waals surface area contributed by atoms with Crippen LogP contribution < -0.4 is 0 Å². The number of rotatable bonds is 4. The Hall–Kier alpha value is -1.10. The second kappa shape index (κ2) is 7.62. The summed E-state index contributed by atoms with van der Waals surface area (Å²) < 4.78 is 0. The molecule has 2 saturated heterocycles. The minimum Gasteiger partial charge on any atom is -0.481 e. The van der Waals surface area contributed by atoms with E-state index in [0.29, 0.717) is 6.54 Å². The van der Waals surface area contributed by atoms with Gasteiger partial charge < -0.3 is 10.0 Å². The second-order valence-electron chi connectivity index (χ2n) is 6.01. The number of hydrogen-bond donors (Lipinski definition) is 1. The van der Waals surface area contributed by atoms with Crippen LogP contribution in [0.1, 0.15) is 51.4 Å². The highest BCUT2D eigenvalue weighted by Gasteiger charge is 2.29. The van der Waals surface area contributed by atoms with Crippen LogP contribution in [0.2, 0.25) is 0 Å². The molecule has 0 aromatic heterocycles. The number of hydrogen-bond acceptors (Lipinski definition) is 3. The fraction of sp³-hybridized carbons (Fsp3) is 0.867. The van der Waals surface area contributed by atoms with E-state index < -0.39 is 5.97 Å². The first kappa shape index (κ1) is 15.3. The minimum absolute atomic E-state index is 0.0474. The van der Waals surface area contributed by atoms with Crippen molar-refractivity contribution in [1.82, 2.24) is 9.80 Å². The maximum Gasteiger partial charge on any atom is 0.304 e. The summed E-state index contributed by atoms with van der Waals surface area (Å²) in [5, 5.41) is 8.92. The van der Waals surface area contributed by atoms with E-state index >= 15 is 0 Å². The molecule has 1 atom stereocenters. The topological polar surface area (TPSA) is 60.9 Å². The molecule has 5 nitrogen and oxygen atoms in total. The Bertz CT molecular complexity index is 338. The van der Waals surface area contributed by atoms with Crippen LogP contribution in [-0.4, -0.2) is 59.0 Å². The fourth-order valence-corrected chi connectivity index (χ4v) is 3.31. The van der Waals surface area contributed by atoms with E-state index in [1.165, 1.54) is 19.3 Å². The molecule has 114 valence electrons. The van der Waals surface area contributed by atoms with E-state index in [1.807, 2.05) is 4.90 Å². The van der Waals surface area contributed by atoms with Crippen LogP contribution in [0.15, 0.2) is 0 Å². The molecule has 2 aliphatic heterocycles. The molecule has 1 N–H and O–H groups in total. The van der Waals surface area contributed by atoms with Gasteiger partial charge in [-0.15, -0.1) is 0 Å². The third kappa shape index (κ3) is 4.47. The zero-order valence-electron chi connectivity index (χ0n) is 12.2. The molecule has 5 heteroatoms. The molecular weight excluding hydrogens is 256 g/mol. The van der Waals surface area contributed by atoms with Gasteiger partial charge in [0.2, 0.25) is 5.91 Å². The smallest absolute Gasteiger partial charge is 0.304 e. The molecule has 1 amide bonds. The van der Waals surface area contributed by atoms with Crippen molar-refractivity contribution in [2.45, 2.75) is 57.4 Å². The number of carbonyl (C=O) groups is 2. The Labute approximate surface area is 120 Å². The summed E-state index contributed by atoms with van der Waals surface area (Å²) in [6, 6.07) is 0.0474. The first-order chi connectivity index (χ1) is 9.66. The van der Waals surface area contributed by atoms with Gasteiger partial charge in [0.25, 0.3) is 0 Å². The number of aliphatic carboxylic acids is 1. The Morgan fingerprint density at radius 2 is 1.60 bits per heavy atom. The summed E-state index contributed by atoms with van der Waals surface area (Å²) in [6.07, 6.45) is 7.99. The fourth-order valence-electron chi connectivity index (χ4n) is 3.31. The van der Waals surface area contributed by atoms with Crippen molar-refractivity contribution in [2.75, 3.05) is 26.2 Å². The predicted molar refractivity (Wildman–Crippen MR) is 76.5 cm³/mol. The van der Waals surface area contributed by atoms with Crippen LogP contribution in [0.4, 0.5) is 0 Å². The number of carboxylic acid groups (broad SMARTS) is 1. The number of carboxylic acids is 1. The van der Waals surface area contributed by atoms with Crippen molar-refractivity contribution in [3.8, 4) is 0 Å². The summed E-state index contributed by atoms with van der Waals surface area (Å²) >= 11 is 0. The van der Waals surface area contributed by atoms with E-state index in [-0.39, 0.29) is 18.4 Å². The van der Waals surface area contributed by atoms with Crippen molar-refractivity contribution in [1.29, 1.82) is 0 Å². The van der Waals surface area contributed by atoms with Crippen LogP contribution in [-0.2, 0) is 9.59 Å². The summed E-state index contributed by atoms with van der Waals surface area (Å²) in [6.45, 7) is 3.00. The highest BCUT2D eigenvalue weighted by atomic mass is 16.4. The normalized spacial score (nSPS) is 25.2. The molecule has 0 spiro atoms. The number of amides is 1. The minimum atomic E-state index is -0.763. The van der Waals surface area contributed by atoms with Crippen molar-refractivity contribution in [2.24, 2.45) is 0 Å². The standard InChI is InChI=1S/C15H26N2O3/c18-14(16-8-4-2-1-3-5-9-16)12-17-10-6-7-13(17)11-15(19)20/h13H,1-12H2,(H,19,20). The summed E-state index contributed by atoms with van der Waals surface area (Å²) in [5.41, 5.74) is 0. The molecule has 2 heterocycles. The molecule has 0 aliphatic carbocycles. The number of carbonyl (C=O) groups excluding carboxylic acids is 1. The maximum absolute atomic E-state index is 12.4. The van der Waals surface area contributed by atoms with Crippen molar-refractivity contribution >= 4 is 11.9 Å². The van der Waals surface area contributed by atoms with Gasteiger partial charge in [-0.3, -0.25) is 14.5 Å². The van der Waals surface area contributed by atoms with Crippen LogP contribution in [0, 0.1) is 0 Å². The Kier molecular flexibility index (Phi) is 5.83. The Morgan fingerprint density at radius 3 is 2.25 bits per heavy atom. The van der Waals surface area contributed by atoms with Gasteiger partial charge >= 0.3 is 5.97 Å². The van der Waals surface area contributed by atoms with Crippen LogP contribution in [0.25, 0.3) is 0 Å². The van der Waals surface area contributed by atoms with Crippen molar-refractivity contribution in [3.63, 3.8) is 0 Å². The lowest BCUT2D eigenvalue weighted by Gasteiger charge is -2.29. The van der Waals surface area contributed by atoms with E-state index in [0.717, 1.165) is 45.3 Å². The summed E-state index contributed by atoms with van der Waals surface area (Å²) in [4.78, 5) is 27.3. The second-order valence-corrected chi connectivity index (χ2v) is 6.01. The Balaban J connectivity index is 1.84. The molecule has 1 unspecified atom stereocenters. The van der Waals surface area contributed by atoms with Gasteiger partial charge in [0.1, 0.15) is 0 Å². The van der Waals surface area contributed by atoms with Gasteiger partial charge in [0, 0.05) is 19.1 Å². The van der Waals surface area contributed by atoms with Gasteiger partial charge in [-0.25, -0.2) is 0 Å². The average Bonchev–Trinajstić information content (AvgIpc) is 2.75. The average molecular weight is 282 g/mol. The molecule has 2 aliphatic rings. The zero-order chi connectivity index (χ0) is 14.4. The third-order valence-electron chi connectivity index (χ3n) is 4.46. The van der Waals surface area contributed by atoms with E-state index in [2.05, 4.69) is 4.90 Å². The molecule has 0 aromatic rings. The summed E-state index contributed by atoms with van der Waals surface area (Å²) in [5.74, 6) is -0.579. The molecule has 2 rings (SSSR count). The number of likely N-dealkylation sites (tertiary alicyclic amines) is 2. The molecule has 0 bridgehead atoms. The van der Waals surface area contributed by atoms with E-state index in [4.69, 9.17) is 5.11 Å². The third-order valence-corrected chi connectivity index (χ3v) is 4.46. The lowest BCUT2D eigenvalue weighted by molar-refractivity contribution is -0.139. The van der Waals surface area contributed by atoms with Gasteiger partial charge in [-0.05, 0) is 32.2 Å². The largest absolute Gasteiger partial charge is 0.481 e. The first-order valence-corrected chi connectivity index (χ1v) is 7.90. The van der Waals surface area contributed by atoms with E-state index in [9.17, 15) is 9.59 Å². The first-order valence-electron chi connectivity index (χ1n) is 7.90. The lowest BCUT2D eigenvalue weighted by Crippen LogP contribution is -2.43. The number of nitrogens with zero attached hydrogens (tertiary/aromatic N) is 2. The Morgan fingerprint density at radius 1 is 0.950 bits per heavy atom. The van der Waals surface area contributed by atoms with Gasteiger partial charge in [0.05, 0.1) is 13.0 Å². The molecule has 0 radical (unpaired) electrons. The van der Waals surface area contributed by atoms with Gasteiger partial charge in [-0.1, -0.05) is 19.3 Å².